The molecule has 1 unspecified atom stereocenters. The Hall–Kier alpha value is -2.56. The fourth-order valence-electron chi connectivity index (χ4n) is 3.50. The van der Waals surface area contributed by atoms with E-state index in [0.29, 0.717) is 13.1 Å². The van der Waals surface area contributed by atoms with Crippen molar-refractivity contribution >= 4 is 17.3 Å². The van der Waals surface area contributed by atoms with Gasteiger partial charge in [-0.2, -0.15) is 0 Å². The van der Waals surface area contributed by atoms with Gasteiger partial charge in [0, 0.05) is 44.0 Å². The van der Waals surface area contributed by atoms with Gasteiger partial charge >= 0.3 is 0 Å². The minimum absolute atomic E-state index is 0.153. The van der Waals surface area contributed by atoms with Gasteiger partial charge in [-0.25, -0.2) is 4.39 Å². The van der Waals surface area contributed by atoms with Crippen molar-refractivity contribution in [2.75, 3.05) is 36.4 Å². The molecule has 1 amide bonds. The van der Waals surface area contributed by atoms with Gasteiger partial charge in [0.2, 0.25) is 5.91 Å². The third kappa shape index (κ3) is 2.82. The van der Waals surface area contributed by atoms with Gasteiger partial charge in [-0.05, 0) is 35.9 Å². The van der Waals surface area contributed by atoms with Crippen molar-refractivity contribution in [3.8, 4) is 0 Å². The highest BCUT2D eigenvalue weighted by Gasteiger charge is 2.31. The fourth-order valence-corrected chi connectivity index (χ4v) is 3.50. The number of anilines is 2. The van der Waals surface area contributed by atoms with Crippen LogP contribution in [0, 0.1) is 5.82 Å². The third-order valence-electron chi connectivity index (χ3n) is 4.85. The van der Waals surface area contributed by atoms with Crippen molar-refractivity contribution in [3.63, 3.8) is 0 Å². The summed E-state index contributed by atoms with van der Waals surface area (Å²) in [4.78, 5) is 16.9. The molecule has 1 saturated heterocycles. The van der Waals surface area contributed by atoms with Crippen molar-refractivity contribution < 1.29 is 9.18 Å². The number of fused-ring (bicyclic) bond motifs is 1. The van der Waals surface area contributed by atoms with Gasteiger partial charge in [-0.1, -0.05) is 18.2 Å². The summed E-state index contributed by atoms with van der Waals surface area (Å²) >= 11 is 0. The highest BCUT2D eigenvalue weighted by Crippen LogP contribution is 2.26. The number of halogens is 1. The average Bonchev–Trinajstić information content (AvgIpc) is 3.06. The van der Waals surface area contributed by atoms with E-state index in [-0.39, 0.29) is 17.8 Å². The smallest absolute Gasteiger partial charge is 0.245 e. The Labute approximate surface area is 140 Å². The summed E-state index contributed by atoms with van der Waals surface area (Å²) in [5.74, 6) is -0.0515. The molecule has 1 fully saturated rings. The normalized spacial score (nSPS) is 19.8. The summed E-state index contributed by atoms with van der Waals surface area (Å²) in [5.41, 5.74) is 3.29. The number of para-hydroxylation sites is 1. The number of piperazine rings is 1. The lowest BCUT2D eigenvalue weighted by molar-refractivity contribution is -0.132. The molecule has 0 aromatic heterocycles. The van der Waals surface area contributed by atoms with Crippen LogP contribution < -0.4 is 10.2 Å². The fraction of sp³-hybridized carbons (Fsp3) is 0.316. The second-order valence-corrected chi connectivity index (χ2v) is 6.35. The number of hydrogen-bond acceptors (Lipinski definition) is 3. The van der Waals surface area contributed by atoms with Gasteiger partial charge in [0.1, 0.15) is 11.9 Å². The third-order valence-corrected chi connectivity index (χ3v) is 4.85. The first kappa shape index (κ1) is 15.0. The minimum atomic E-state index is -0.223. The van der Waals surface area contributed by atoms with Crippen molar-refractivity contribution in [1.82, 2.24) is 4.90 Å². The molecule has 2 aliphatic rings. The van der Waals surface area contributed by atoms with E-state index in [1.165, 1.54) is 17.7 Å². The van der Waals surface area contributed by atoms with Crippen LogP contribution in [0.3, 0.4) is 0 Å². The van der Waals surface area contributed by atoms with E-state index in [0.717, 1.165) is 30.9 Å². The van der Waals surface area contributed by atoms with Gasteiger partial charge < -0.3 is 15.1 Å². The van der Waals surface area contributed by atoms with E-state index in [9.17, 15) is 9.18 Å². The molecule has 2 aromatic rings. The zero-order valence-electron chi connectivity index (χ0n) is 13.4. The first-order valence-electron chi connectivity index (χ1n) is 8.34. The van der Waals surface area contributed by atoms with Crippen LogP contribution >= 0.6 is 0 Å². The first-order valence-corrected chi connectivity index (χ1v) is 8.34. The molecule has 4 rings (SSSR count). The summed E-state index contributed by atoms with van der Waals surface area (Å²) in [7, 11) is 0. The number of amides is 1. The van der Waals surface area contributed by atoms with Gasteiger partial charge in [0.05, 0.1) is 0 Å². The summed E-state index contributed by atoms with van der Waals surface area (Å²) < 4.78 is 13.0. The predicted molar refractivity (Wildman–Crippen MR) is 92.7 cm³/mol. The average molecular weight is 325 g/mol. The van der Waals surface area contributed by atoms with Crippen LogP contribution in [-0.2, 0) is 11.2 Å². The second kappa shape index (κ2) is 6.15. The van der Waals surface area contributed by atoms with Gasteiger partial charge in [0.15, 0.2) is 0 Å². The van der Waals surface area contributed by atoms with Crippen LogP contribution in [0.1, 0.15) is 5.56 Å². The number of benzene rings is 2. The Kier molecular flexibility index (Phi) is 3.84. The molecule has 2 aliphatic heterocycles. The quantitative estimate of drug-likeness (QED) is 0.921. The van der Waals surface area contributed by atoms with Crippen molar-refractivity contribution in [2.24, 2.45) is 0 Å². The molecule has 0 bridgehead atoms. The maximum atomic E-state index is 13.0. The minimum Gasteiger partial charge on any atom is -0.373 e. The topological polar surface area (TPSA) is 35.6 Å². The molecule has 1 N–H and O–H groups in total. The van der Waals surface area contributed by atoms with E-state index < -0.39 is 0 Å². The molecule has 124 valence electrons. The van der Waals surface area contributed by atoms with E-state index in [2.05, 4.69) is 16.3 Å². The Bertz CT molecular complexity index is 714. The largest absolute Gasteiger partial charge is 0.373 e. The van der Waals surface area contributed by atoms with E-state index in [1.807, 2.05) is 23.1 Å². The van der Waals surface area contributed by atoms with E-state index >= 15 is 0 Å². The molecule has 5 heteroatoms. The Morgan fingerprint density at radius 1 is 1.00 bits per heavy atom. The van der Waals surface area contributed by atoms with Gasteiger partial charge in [0.25, 0.3) is 0 Å². The van der Waals surface area contributed by atoms with Crippen LogP contribution in [-0.4, -0.2) is 43.0 Å². The molecule has 2 aromatic carbocycles. The zero-order chi connectivity index (χ0) is 16.5. The van der Waals surface area contributed by atoms with Crippen molar-refractivity contribution in [2.45, 2.75) is 12.5 Å². The number of hydrogen-bond donors (Lipinski definition) is 1. The second-order valence-electron chi connectivity index (χ2n) is 6.35. The standard InChI is InChI=1S/C19H20FN3O/c20-15-5-7-16(8-6-15)22-9-11-23(12-10-22)19(24)18-13-14-3-1-2-4-17(14)21-18/h1-8,18,21H,9-13H2. The molecule has 0 spiro atoms. The summed E-state index contributed by atoms with van der Waals surface area (Å²) in [6, 6.07) is 14.5. The molecule has 1 atom stereocenters. The molecule has 0 radical (unpaired) electrons. The molecule has 2 heterocycles. The van der Waals surface area contributed by atoms with E-state index in [1.54, 1.807) is 12.1 Å². The van der Waals surface area contributed by atoms with Crippen LogP contribution in [0.4, 0.5) is 15.8 Å². The lowest BCUT2D eigenvalue weighted by Crippen LogP contribution is -2.52. The predicted octanol–water partition coefficient (Wildman–Crippen LogP) is 2.51. The Morgan fingerprint density at radius 3 is 2.42 bits per heavy atom. The molecule has 4 nitrogen and oxygen atoms in total. The lowest BCUT2D eigenvalue weighted by atomic mass is 10.1. The lowest BCUT2D eigenvalue weighted by Gasteiger charge is -2.37. The number of nitrogens with zero attached hydrogens (tertiary/aromatic N) is 2. The number of carbonyl (C=O) groups excluding carboxylic acids is 1. The maximum Gasteiger partial charge on any atom is 0.245 e. The summed E-state index contributed by atoms with van der Waals surface area (Å²) in [5, 5.41) is 3.33. The monoisotopic (exact) mass is 325 g/mol. The van der Waals surface area contributed by atoms with Crippen LogP contribution in [0.2, 0.25) is 0 Å². The van der Waals surface area contributed by atoms with Crippen LogP contribution in [0.15, 0.2) is 48.5 Å². The Balaban J connectivity index is 1.36. The van der Waals surface area contributed by atoms with Gasteiger partial charge in [-0.3, -0.25) is 4.79 Å². The molecule has 0 saturated carbocycles. The number of rotatable bonds is 2. The van der Waals surface area contributed by atoms with Crippen LogP contribution in [0.25, 0.3) is 0 Å². The van der Waals surface area contributed by atoms with Crippen molar-refractivity contribution in [3.05, 3.63) is 59.9 Å². The van der Waals surface area contributed by atoms with Crippen molar-refractivity contribution in [1.29, 1.82) is 0 Å². The SMILES string of the molecule is O=C(C1Cc2ccccc2N1)N1CCN(c2ccc(F)cc2)CC1. The maximum absolute atomic E-state index is 13.0. The van der Waals surface area contributed by atoms with Crippen LogP contribution in [0.5, 0.6) is 0 Å². The highest BCUT2D eigenvalue weighted by molar-refractivity contribution is 5.87. The van der Waals surface area contributed by atoms with E-state index in [4.69, 9.17) is 0 Å². The first-order chi connectivity index (χ1) is 11.7. The molecule has 0 aliphatic carbocycles. The molecular weight excluding hydrogens is 305 g/mol. The molecule has 24 heavy (non-hydrogen) atoms. The highest BCUT2D eigenvalue weighted by atomic mass is 19.1. The molecular formula is C19H20FN3O. The Morgan fingerprint density at radius 2 is 1.71 bits per heavy atom. The zero-order valence-corrected chi connectivity index (χ0v) is 13.4. The van der Waals surface area contributed by atoms with Gasteiger partial charge in [-0.15, -0.1) is 0 Å². The number of carbonyl (C=O) groups is 1. The number of nitrogens with one attached hydrogen (secondary N) is 1. The summed E-state index contributed by atoms with van der Waals surface area (Å²) in [6.07, 6.45) is 0.757. The summed E-state index contributed by atoms with van der Waals surface area (Å²) in [6.45, 7) is 2.95.